The summed E-state index contributed by atoms with van der Waals surface area (Å²) in [5, 5.41) is 7.23. The molecule has 0 radical (unpaired) electrons. The summed E-state index contributed by atoms with van der Waals surface area (Å²) in [5.74, 6) is -1.44. The van der Waals surface area contributed by atoms with Gasteiger partial charge in [-0.15, -0.1) is 0 Å². The molecule has 3 rings (SSSR count). The number of rotatable bonds is 4. The maximum absolute atomic E-state index is 13.6. The summed E-state index contributed by atoms with van der Waals surface area (Å²) in [6.07, 6.45) is -3.22. The summed E-state index contributed by atoms with van der Waals surface area (Å²) < 4.78 is 53.6. The van der Waals surface area contributed by atoms with Crippen LogP contribution < -0.4 is 16.0 Å². The van der Waals surface area contributed by atoms with E-state index in [0.717, 1.165) is 6.92 Å². The van der Waals surface area contributed by atoms with Crippen molar-refractivity contribution in [3.63, 3.8) is 0 Å². The van der Waals surface area contributed by atoms with Gasteiger partial charge in [0.25, 0.3) is 5.91 Å². The van der Waals surface area contributed by atoms with Crippen molar-refractivity contribution in [1.82, 2.24) is 19.8 Å². The third kappa shape index (κ3) is 4.72. The van der Waals surface area contributed by atoms with Gasteiger partial charge in [-0.05, 0) is 32.0 Å². The van der Waals surface area contributed by atoms with Crippen LogP contribution in [0.25, 0.3) is 0 Å². The summed E-state index contributed by atoms with van der Waals surface area (Å²) in [6.45, 7) is 2.90. The smallest absolute Gasteiger partial charge is 0.386 e. The third-order valence-corrected chi connectivity index (χ3v) is 5.06. The average Bonchev–Trinajstić information content (AvgIpc) is 3.10. The number of halogens is 4. The van der Waals surface area contributed by atoms with Gasteiger partial charge in [-0.2, -0.15) is 13.2 Å². The van der Waals surface area contributed by atoms with Gasteiger partial charge in [0.1, 0.15) is 11.9 Å². The Morgan fingerprint density at radius 1 is 1.29 bits per heavy atom. The molecule has 168 valence electrons. The number of nitrogens with zero attached hydrogens (tertiary/aromatic N) is 3. The number of nitrogens with one attached hydrogen (secondary N) is 3. The second kappa shape index (κ2) is 8.44. The number of hydrogen-bond acceptors (Lipinski definition) is 4. The van der Waals surface area contributed by atoms with Gasteiger partial charge in [-0.3, -0.25) is 4.79 Å². The number of benzene rings is 1. The number of hydrogen-bond donors (Lipinski definition) is 3. The van der Waals surface area contributed by atoms with Crippen molar-refractivity contribution in [1.29, 1.82) is 0 Å². The quantitative estimate of drug-likeness (QED) is 0.635. The van der Waals surface area contributed by atoms with Crippen LogP contribution in [0.4, 0.5) is 33.7 Å². The van der Waals surface area contributed by atoms with Gasteiger partial charge in [-0.25, -0.2) is 14.2 Å². The van der Waals surface area contributed by atoms with Crippen LogP contribution in [0.3, 0.4) is 0 Å². The van der Waals surface area contributed by atoms with E-state index in [4.69, 9.17) is 0 Å². The lowest BCUT2D eigenvalue weighted by Crippen LogP contribution is -2.47. The molecule has 0 bridgehead atoms. The molecule has 0 aliphatic carbocycles. The zero-order valence-corrected chi connectivity index (χ0v) is 17.0. The molecule has 0 spiro atoms. The second-order valence-corrected chi connectivity index (χ2v) is 7.28. The van der Waals surface area contributed by atoms with Gasteiger partial charge in [0.15, 0.2) is 5.69 Å². The minimum absolute atomic E-state index is 0.0315. The minimum Gasteiger partial charge on any atom is -0.386 e. The predicted molar refractivity (Wildman–Crippen MR) is 105 cm³/mol. The highest BCUT2D eigenvalue weighted by molar-refractivity contribution is 5.94. The number of carbonyl (C=O) groups excluding carboxylic acids is 2. The van der Waals surface area contributed by atoms with Crippen LogP contribution in [0.2, 0.25) is 0 Å². The van der Waals surface area contributed by atoms with Gasteiger partial charge in [0.05, 0.1) is 24.3 Å². The van der Waals surface area contributed by atoms with Crippen LogP contribution >= 0.6 is 0 Å². The van der Waals surface area contributed by atoms with Crippen LogP contribution in [-0.2, 0) is 13.1 Å². The number of carbonyl (C=O) groups is 2. The van der Waals surface area contributed by atoms with Crippen molar-refractivity contribution in [2.45, 2.75) is 45.2 Å². The largest absolute Gasteiger partial charge is 0.408 e. The van der Waals surface area contributed by atoms with E-state index >= 15 is 0 Å². The highest BCUT2D eigenvalue weighted by atomic mass is 19.4. The Morgan fingerprint density at radius 2 is 2.00 bits per heavy atom. The lowest BCUT2D eigenvalue weighted by Gasteiger charge is -2.34. The molecule has 0 saturated carbocycles. The zero-order valence-electron chi connectivity index (χ0n) is 17.0. The first-order valence-corrected chi connectivity index (χ1v) is 9.47. The average molecular weight is 442 g/mol. The molecular formula is C19H22F4N6O2. The molecule has 12 heteroatoms. The molecule has 1 aromatic carbocycles. The van der Waals surface area contributed by atoms with Gasteiger partial charge in [-0.1, -0.05) is 0 Å². The molecule has 2 atom stereocenters. The summed E-state index contributed by atoms with van der Waals surface area (Å²) in [6, 6.07) is 1.23. The van der Waals surface area contributed by atoms with Crippen molar-refractivity contribution in [3.05, 3.63) is 41.7 Å². The topological polar surface area (TPSA) is 91.3 Å². The third-order valence-electron chi connectivity index (χ3n) is 5.06. The monoisotopic (exact) mass is 442 g/mol. The number of anilines is 2. The highest BCUT2D eigenvalue weighted by Crippen LogP contribution is 2.24. The van der Waals surface area contributed by atoms with Gasteiger partial charge < -0.3 is 25.4 Å². The Morgan fingerprint density at radius 3 is 2.65 bits per heavy atom. The Hall–Kier alpha value is -3.31. The first-order valence-electron chi connectivity index (χ1n) is 9.47. The van der Waals surface area contributed by atoms with Crippen LogP contribution in [0, 0.1) is 5.82 Å². The van der Waals surface area contributed by atoms with Crippen molar-refractivity contribution in [2.75, 3.05) is 17.7 Å². The van der Waals surface area contributed by atoms with Gasteiger partial charge in [0, 0.05) is 25.3 Å². The van der Waals surface area contributed by atoms with Gasteiger partial charge in [0.2, 0.25) is 0 Å². The fraction of sp³-hybridized carbons (Fsp3) is 0.421. The minimum atomic E-state index is -4.59. The highest BCUT2D eigenvalue weighted by Gasteiger charge is 2.38. The van der Waals surface area contributed by atoms with E-state index in [-0.39, 0.29) is 24.0 Å². The molecule has 1 aromatic heterocycles. The number of amides is 3. The van der Waals surface area contributed by atoms with Crippen molar-refractivity contribution in [2.24, 2.45) is 0 Å². The zero-order chi connectivity index (χ0) is 22.9. The SMILES string of the molecule is CNc1cc(NC(=O)N2Cc3c(C(=O)N[C@@H](C)C(F)(F)F)ncn3C[C@@H]2C)ccc1F. The van der Waals surface area contributed by atoms with Gasteiger partial charge >= 0.3 is 12.2 Å². The lowest BCUT2D eigenvalue weighted by atomic mass is 10.1. The summed E-state index contributed by atoms with van der Waals surface area (Å²) in [7, 11) is 1.55. The molecule has 0 unspecified atom stereocenters. The van der Waals surface area contributed by atoms with E-state index in [2.05, 4.69) is 15.6 Å². The normalized spacial score (nSPS) is 17.0. The molecule has 8 nitrogen and oxygen atoms in total. The second-order valence-electron chi connectivity index (χ2n) is 7.28. The summed E-state index contributed by atoms with van der Waals surface area (Å²) in [5.41, 5.74) is 0.731. The molecule has 1 aliphatic heterocycles. The number of imidazole rings is 1. The predicted octanol–water partition coefficient (Wildman–Crippen LogP) is 3.18. The van der Waals surface area contributed by atoms with Crippen LogP contribution in [0.1, 0.15) is 30.0 Å². The molecule has 31 heavy (non-hydrogen) atoms. The molecule has 3 amide bonds. The molecular weight excluding hydrogens is 420 g/mol. The van der Waals surface area contributed by atoms with Crippen molar-refractivity contribution < 1.29 is 27.2 Å². The van der Waals surface area contributed by atoms with E-state index in [9.17, 15) is 27.2 Å². The number of aromatic nitrogens is 2. The molecule has 3 N–H and O–H groups in total. The maximum atomic E-state index is 13.6. The van der Waals surface area contributed by atoms with Crippen LogP contribution in [0.5, 0.6) is 0 Å². The Kier molecular flexibility index (Phi) is 6.09. The number of urea groups is 1. The van der Waals surface area contributed by atoms with Crippen molar-refractivity contribution in [3.8, 4) is 0 Å². The molecule has 0 fully saturated rings. The van der Waals surface area contributed by atoms with Crippen LogP contribution in [0.15, 0.2) is 24.5 Å². The van der Waals surface area contributed by atoms with Crippen LogP contribution in [-0.4, -0.2) is 51.7 Å². The molecule has 2 heterocycles. The maximum Gasteiger partial charge on any atom is 0.408 e. The fourth-order valence-corrected chi connectivity index (χ4v) is 3.23. The molecule has 2 aromatic rings. The standard InChI is InChI=1S/C19H22F4N6O2/c1-10-7-28-9-25-16(17(30)26-11(2)19(21,22)23)15(28)8-29(10)18(31)27-12-4-5-13(20)14(6-12)24-3/h4-6,9-11,24H,7-8H2,1-3H3,(H,26,30)(H,27,31)/t10-,11-/m0/s1. The van der Waals surface area contributed by atoms with E-state index in [1.807, 2.05) is 5.32 Å². The summed E-state index contributed by atoms with van der Waals surface area (Å²) >= 11 is 0. The number of fused-ring (bicyclic) bond motifs is 1. The van der Waals surface area contributed by atoms with E-state index in [1.54, 1.807) is 18.5 Å². The first-order chi connectivity index (χ1) is 14.5. The number of alkyl halides is 3. The fourth-order valence-electron chi connectivity index (χ4n) is 3.23. The molecule has 0 saturated heterocycles. The first kappa shape index (κ1) is 22.4. The molecule has 1 aliphatic rings. The summed E-state index contributed by atoms with van der Waals surface area (Å²) in [4.78, 5) is 30.5. The van der Waals surface area contributed by atoms with E-state index < -0.39 is 30.0 Å². The Bertz CT molecular complexity index is 990. The van der Waals surface area contributed by atoms with E-state index in [0.29, 0.717) is 17.9 Å². The Labute approximate surface area is 175 Å². The Balaban J connectivity index is 1.77. The lowest BCUT2D eigenvalue weighted by molar-refractivity contribution is -0.149. The van der Waals surface area contributed by atoms with E-state index in [1.165, 1.54) is 29.4 Å². The van der Waals surface area contributed by atoms with Crippen molar-refractivity contribution >= 4 is 23.3 Å².